The lowest BCUT2D eigenvalue weighted by atomic mass is 9.90. The van der Waals surface area contributed by atoms with Crippen LogP contribution in [-0.2, 0) is 6.42 Å². The number of aromatic amines is 1. The van der Waals surface area contributed by atoms with Gasteiger partial charge in [0.25, 0.3) is 0 Å². The average molecular weight is 246 g/mol. The zero-order valence-corrected chi connectivity index (χ0v) is 10.7. The van der Waals surface area contributed by atoms with Crippen molar-refractivity contribution in [1.82, 2.24) is 10.3 Å². The molecule has 18 heavy (non-hydrogen) atoms. The van der Waals surface area contributed by atoms with Crippen molar-refractivity contribution in [3.63, 3.8) is 0 Å². The summed E-state index contributed by atoms with van der Waals surface area (Å²) in [6.45, 7) is 4.31. The van der Waals surface area contributed by atoms with Crippen LogP contribution in [0, 0.1) is 18.7 Å². The van der Waals surface area contributed by atoms with Crippen molar-refractivity contribution in [2.45, 2.75) is 26.2 Å². The summed E-state index contributed by atoms with van der Waals surface area (Å²) >= 11 is 0. The Bertz CT molecular complexity index is 553. The second-order valence-electron chi connectivity index (χ2n) is 5.32. The standard InChI is InChI=1S/C15H19FN2/c1-10-13(8-11-4-6-17-7-5-11)14-9-12(16)2-3-15(14)18-10/h2-3,9,11,17-18H,4-8H2,1H3. The van der Waals surface area contributed by atoms with Crippen LogP contribution in [-0.4, -0.2) is 18.1 Å². The Kier molecular flexibility index (Phi) is 3.08. The fraction of sp³-hybridized carbons (Fsp3) is 0.467. The van der Waals surface area contributed by atoms with Crippen LogP contribution in [0.2, 0.25) is 0 Å². The van der Waals surface area contributed by atoms with Gasteiger partial charge in [-0.1, -0.05) is 0 Å². The number of piperidine rings is 1. The highest BCUT2D eigenvalue weighted by Gasteiger charge is 2.17. The van der Waals surface area contributed by atoms with Crippen LogP contribution in [0.15, 0.2) is 18.2 Å². The number of halogens is 1. The third-order valence-corrected chi connectivity index (χ3v) is 4.03. The highest BCUT2D eigenvalue weighted by molar-refractivity contribution is 5.84. The van der Waals surface area contributed by atoms with Gasteiger partial charge in [-0.15, -0.1) is 0 Å². The minimum Gasteiger partial charge on any atom is -0.358 e. The Morgan fingerprint density at radius 2 is 2.06 bits per heavy atom. The average Bonchev–Trinajstić information content (AvgIpc) is 2.67. The maximum absolute atomic E-state index is 13.4. The van der Waals surface area contributed by atoms with E-state index in [1.54, 1.807) is 6.07 Å². The van der Waals surface area contributed by atoms with E-state index >= 15 is 0 Å². The molecule has 2 nitrogen and oxygen atoms in total. The first-order valence-electron chi connectivity index (χ1n) is 6.71. The number of hydrogen-bond donors (Lipinski definition) is 2. The summed E-state index contributed by atoms with van der Waals surface area (Å²) in [5, 5.41) is 4.45. The highest BCUT2D eigenvalue weighted by atomic mass is 19.1. The van der Waals surface area contributed by atoms with E-state index < -0.39 is 0 Å². The molecule has 2 aromatic rings. The smallest absolute Gasteiger partial charge is 0.123 e. The van der Waals surface area contributed by atoms with E-state index in [1.165, 1.54) is 30.2 Å². The third-order valence-electron chi connectivity index (χ3n) is 4.03. The summed E-state index contributed by atoms with van der Waals surface area (Å²) < 4.78 is 13.4. The molecule has 0 atom stereocenters. The molecule has 0 aliphatic carbocycles. The van der Waals surface area contributed by atoms with Gasteiger partial charge >= 0.3 is 0 Å². The molecule has 2 N–H and O–H groups in total. The van der Waals surface area contributed by atoms with Gasteiger partial charge in [-0.25, -0.2) is 4.39 Å². The van der Waals surface area contributed by atoms with Gasteiger partial charge in [0.05, 0.1) is 0 Å². The largest absolute Gasteiger partial charge is 0.358 e. The fourth-order valence-corrected chi connectivity index (χ4v) is 2.99. The molecule has 1 saturated heterocycles. The normalized spacial score (nSPS) is 17.4. The quantitative estimate of drug-likeness (QED) is 0.837. The van der Waals surface area contributed by atoms with Crippen LogP contribution < -0.4 is 5.32 Å². The van der Waals surface area contributed by atoms with Gasteiger partial charge in [-0.2, -0.15) is 0 Å². The SMILES string of the molecule is Cc1[nH]c2ccc(F)cc2c1CC1CCNCC1. The maximum atomic E-state index is 13.4. The molecule has 0 unspecified atom stereocenters. The van der Waals surface area contributed by atoms with Gasteiger partial charge in [0.2, 0.25) is 0 Å². The number of fused-ring (bicyclic) bond motifs is 1. The van der Waals surface area contributed by atoms with Gasteiger partial charge in [0.1, 0.15) is 5.82 Å². The molecule has 0 radical (unpaired) electrons. The first-order valence-corrected chi connectivity index (χ1v) is 6.71. The van der Waals surface area contributed by atoms with Gasteiger partial charge in [0.15, 0.2) is 0 Å². The molecule has 0 saturated carbocycles. The molecule has 96 valence electrons. The number of nitrogens with one attached hydrogen (secondary N) is 2. The van der Waals surface area contributed by atoms with Crippen molar-refractivity contribution >= 4 is 10.9 Å². The second kappa shape index (κ2) is 4.73. The van der Waals surface area contributed by atoms with E-state index in [4.69, 9.17) is 0 Å². The lowest BCUT2D eigenvalue weighted by Crippen LogP contribution is -2.28. The van der Waals surface area contributed by atoms with Crippen LogP contribution in [0.4, 0.5) is 4.39 Å². The first kappa shape index (κ1) is 11.7. The zero-order chi connectivity index (χ0) is 12.5. The van der Waals surface area contributed by atoms with E-state index in [0.717, 1.165) is 36.3 Å². The van der Waals surface area contributed by atoms with Crippen molar-refractivity contribution in [2.24, 2.45) is 5.92 Å². The topological polar surface area (TPSA) is 27.8 Å². The van der Waals surface area contributed by atoms with Crippen LogP contribution in [0.1, 0.15) is 24.1 Å². The predicted molar refractivity (Wildman–Crippen MR) is 72.3 cm³/mol. The Morgan fingerprint density at radius 1 is 1.28 bits per heavy atom. The molecule has 0 spiro atoms. The predicted octanol–water partition coefficient (Wildman–Crippen LogP) is 3.16. The fourth-order valence-electron chi connectivity index (χ4n) is 2.99. The number of benzene rings is 1. The van der Waals surface area contributed by atoms with Gasteiger partial charge < -0.3 is 10.3 Å². The molecule has 1 fully saturated rings. The molecule has 1 aliphatic rings. The summed E-state index contributed by atoms with van der Waals surface area (Å²) in [5.41, 5.74) is 3.54. The second-order valence-corrected chi connectivity index (χ2v) is 5.32. The van der Waals surface area contributed by atoms with E-state index in [9.17, 15) is 4.39 Å². The first-order chi connectivity index (χ1) is 8.74. The molecular formula is C15H19FN2. The summed E-state index contributed by atoms with van der Waals surface area (Å²) in [5.74, 6) is 0.584. The molecule has 3 rings (SSSR count). The van der Waals surface area contributed by atoms with Crippen molar-refractivity contribution < 1.29 is 4.39 Å². The molecule has 1 aromatic heterocycles. The molecule has 2 heterocycles. The maximum Gasteiger partial charge on any atom is 0.123 e. The number of rotatable bonds is 2. The monoisotopic (exact) mass is 246 g/mol. The summed E-state index contributed by atoms with van der Waals surface area (Å²) in [7, 11) is 0. The van der Waals surface area contributed by atoms with Crippen molar-refractivity contribution in [2.75, 3.05) is 13.1 Å². The molecule has 0 bridgehead atoms. The number of hydrogen-bond acceptors (Lipinski definition) is 1. The van der Waals surface area contributed by atoms with Gasteiger partial charge in [-0.05, 0) is 69.0 Å². The molecular weight excluding hydrogens is 227 g/mol. The van der Waals surface area contributed by atoms with Crippen molar-refractivity contribution in [1.29, 1.82) is 0 Å². The molecule has 0 amide bonds. The van der Waals surface area contributed by atoms with E-state index in [2.05, 4.69) is 17.2 Å². The van der Waals surface area contributed by atoms with E-state index in [1.807, 2.05) is 6.07 Å². The summed E-state index contributed by atoms with van der Waals surface area (Å²) in [6.07, 6.45) is 3.51. The van der Waals surface area contributed by atoms with E-state index in [-0.39, 0.29) is 5.82 Å². The minimum atomic E-state index is -0.145. The van der Waals surface area contributed by atoms with Crippen LogP contribution >= 0.6 is 0 Å². The highest BCUT2D eigenvalue weighted by Crippen LogP contribution is 2.27. The summed E-state index contributed by atoms with van der Waals surface area (Å²) in [6, 6.07) is 5.02. The van der Waals surface area contributed by atoms with Crippen molar-refractivity contribution in [3.8, 4) is 0 Å². The molecule has 1 aromatic carbocycles. The number of aromatic nitrogens is 1. The van der Waals surface area contributed by atoms with Crippen LogP contribution in [0.3, 0.4) is 0 Å². The third kappa shape index (κ3) is 2.15. The minimum absolute atomic E-state index is 0.145. The number of aryl methyl sites for hydroxylation is 1. The lowest BCUT2D eigenvalue weighted by molar-refractivity contribution is 0.373. The van der Waals surface area contributed by atoms with E-state index in [0.29, 0.717) is 0 Å². The Balaban J connectivity index is 1.94. The van der Waals surface area contributed by atoms with Crippen molar-refractivity contribution in [3.05, 3.63) is 35.3 Å². The summed E-state index contributed by atoms with van der Waals surface area (Å²) in [4.78, 5) is 3.36. The van der Waals surface area contributed by atoms with Gasteiger partial charge in [0, 0.05) is 16.6 Å². The van der Waals surface area contributed by atoms with Crippen LogP contribution in [0.25, 0.3) is 10.9 Å². The Labute approximate surface area is 107 Å². The molecule has 3 heteroatoms. The van der Waals surface area contributed by atoms with Gasteiger partial charge in [-0.3, -0.25) is 0 Å². The lowest BCUT2D eigenvalue weighted by Gasteiger charge is -2.22. The Morgan fingerprint density at radius 3 is 2.83 bits per heavy atom. The zero-order valence-electron chi connectivity index (χ0n) is 10.7. The Hall–Kier alpha value is -1.35. The number of H-pyrrole nitrogens is 1. The van der Waals surface area contributed by atoms with Crippen LogP contribution in [0.5, 0.6) is 0 Å². The molecule has 1 aliphatic heterocycles.